The van der Waals surface area contributed by atoms with Gasteiger partial charge in [-0.05, 0) is 57.3 Å². The lowest BCUT2D eigenvalue weighted by atomic mass is 9.86. The van der Waals surface area contributed by atoms with E-state index < -0.39 is 0 Å². The molecule has 5 heteroatoms. The van der Waals surface area contributed by atoms with Crippen LogP contribution in [0.25, 0.3) is 0 Å². The molecular formula is C19H29N3O2. The summed E-state index contributed by atoms with van der Waals surface area (Å²) in [5.74, 6) is 0.770. The number of nitrogens with zero attached hydrogens (tertiary/aromatic N) is 1. The first-order valence-corrected chi connectivity index (χ1v) is 9.08. The first kappa shape index (κ1) is 17.2. The highest BCUT2D eigenvalue weighted by Gasteiger charge is 2.31. The van der Waals surface area contributed by atoms with E-state index in [-0.39, 0.29) is 12.1 Å². The molecule has 0 aromatic heterocycles. The van der Waals surface area contributed by atoms with Gasteiger partial charge in [0, 0.05) is 18.6 Å². The van der Waals surface area contributed by atoms with E-state index in [1.165, 1.54) is 25.9 Å². The third kappa shape index (κ3) is 5.21. The molecule has 1 atom stereocenters. The molecule has 1 heterocycles. The minimum atomic E-state index is -0.309. The second-order valence-corrected chi connectivity index (χ2v) is 7.25. The summed E-state index contributed by atoms with van der Waals surface area (Å²) < 4.78 is 5.26. The highest BCUT2D eigenvalue weighted by Crippen LogP contribution is 2.21. The lowest BCUT2D eigenvalue weighted by Crippen LogP contribution is -2.53. The SMILES string of the molecule is CN1CCCC(CNC2CC(NC(=O)OCc3ccccc3)C2)C1. The Morgan fingerprint density at radius 2 is 2.04 bits per heavy atom. The molecule has 1 aromatic carbocycles. The molecule has 1 saturated carbocycles. The molecule has 0 bridgehead atoms. The van der Waals surface area contributed by atoms with Crippen LogP contribution in [-0.2, 0) is 11.3 Å². The summed E-state index contributed by atoms with van der Waals surface area (Å²) in [7, 11) is 2.20. The first-order valence-electron chi connectivity index (χ1n) is 9.08. The standard InChI is InChI=1S/C19H29N3O2/c1-22-9-5-8-16(13-22)12-20-17-10-18(11-17)21-19(23)24-14-15-6-3-2-4-7-15/h2-4,6-7,16-18,20H,5,8-14H2,1H3,(H,21,23). The number of alkyl carbamates (subject to hydrolysis) is 1. The summed E-state index contributed by atoms with van der Waals surface area (Å²) in [6.45, 7) is 3.86. The van der Waals surface area contributed by atoms with Gasteiger partial charge < -0.3 is 20.3 Å². The Bertz CT molecular complexity index is 517. The van der Waals surface area contributed by atoms with Crippen LogP contribution >= 0.6 is 0 Å². The van der Waals surface area contributed by atoms with E-state index in [2.05, 4.69) is 22.6 Å². The third-order valence-electron chi connectivity index (χ3n) is 5.09. The third-order valence-corrected chi connectivity index (χ3v) is 5.09. The van der Waals surface area contributed by atoms with Crippen LogP contribution in [0.5, 0.6) is 0 Å². The molecule has 1 unspecified atom stereocenters. The van der Waals surface area contributed by atoms with Crippen LogP contribution in [0.15, 0.2) is 30.3 Å². The molecule has 24 heavy (non-hydrogen) atoms. The largest absolute Gasteiger partial charge is 0.445 e. The average Bonchev–Trinajstić information content (AvgIpc) is 2.56. The quantitative estimate of drug-likeness (QED) is 0.840. The van der Waals surface area contributed by atoms with E-state index in [1.54, 1.807) is 0 Å². The van der Waals surface area contributed by atoms with E-state index >= 15 is 0 Å². The van der Waals surface area contributed by atoms with Gasteiger partial charge >= 0.3 is 6.09 Å². The molecule has 1 amide bonds. The zero-order valence-electron chi connectivity index (χ0n) is 14.5. The van der Waals surface area contributed by atoms with Crippen LogP contribution < -0.4 is 10.6 Å². The molecule has 0 radical (unpaired) electrons. The van der Waals surface area contributed by atoms with Crippen LogP contribution in [0.2, 0.25) is 0 Å². The van der Waals surface area contributed by atoms with Crippen molar-refractivity contribution in [1.82, 2.24) is 15.5 Å². The van der Waals surface area contributed by atoms with Crippen LogP contribution in [0.4, 0.5) is 4.79 Å². The average molecular weight is 331 g/mol. The molecule has 1 aromatic rings. The lowest BCUT2D eigenvalue weighted by Gasteiger charge is -2.38. The Labute approximate surface area is 144 Å². The molecule has 2 fully saturated rings. The van der Waals surface area contributed by atoms with Crippen molar-refractivity contribution >= 4 is 6.09 Å². The molecule has 1 aliphatic carbocycles. The maximum atomic E-state index is 11.8. The van der Waals surface area contributed by atoms with E-state index in [9.17, 15) is 4.79 Å². The topological polar surface area (TPSA) is 53.6 Å². The number of ether oxygens (including phenoxy) is 1. The Hall–Kier alpha value is -1.59. The predicted molar refractivity (Wildman–Crippen MR) is 94.8 cm³/mol. The predicted octanol–water partition coefficient (Wildman–Crippen LogP) is 2.38. The van der Waals surface area contributed by atoms with Crippen LogP contribution in [0, 0.1) is 5.92 Å². The monoisotopic (exact) mass is 331 g/mol. The van der Waals surface area contributed by atoms with Gasteiger partial charge in [-0.2, -0.15) is 0 Å². The van der Waals surface area contributed by atoms with Gasteiger partial charge in [0.25, 0.3) is 0 Å². The Kier molecular flexibility index (Phi) is 6.10. The number of likely N-dealkylation sites (tertiary alicyclic amines) is 1. The van der Waals surface area contributed by atoms with Gasteiger partial charge in [-0.25, -0.2) is 4.79 Å². The van der Waals surface area contributed by atoms with Crippen LogP contribution in [-0.4, -0.2) is 49.8 Å². The summed E-state index contributed by atoms with van der Waals surface area (Å²) in [6.07, 6.45) is 4.34. The molecule has 5 nitrogen and oxygen atoms in total. The van der Waals surface area contributed by atoms with Crippen molar-refractivity contribution in [2.45, 2.75) is 44.4 Å². The van der Waals surface area contributed by atoms with Crippen molar-refractivity contribution in [2.75, 3.05) is 26.7 Å². The summed E-state index contributed by atoms with van der Waals surface area (Å²) >= 11 is 0. The molecular weight excluding hydrogens is 302 g/mol. The van der Waals surface area contributed by atoms with Crippen molar-refractivity contribution in [3.63, 3.8) is 0 Å². The fourth-order valence-electron chi connectivity index (χ4n) is 3.61. The van der Waals surface area contributed by atoms with Crippen molar-refractivity contribution < 1.29 is 9.53 Å². The maximum absolute atomic E-state index is 11.8. The summed E-state index contributed by atoms with van der Waals surface area (Å²) in [5.41, 5.74) is 1.01. The zero-order valence-corrected chi connectivity index (χ0v) is 14.5. The number of piperidine rings is 1. The second-order valence-electron chi connectivity index (χ2n) is 7.25. The van der Waals surface area contributed by atoms with Crippen LogP contribution in [0.3, 0.4) is 0 Å². The molecule has 3 rings (SSSR count). The number of rotatable bonds is 6. The number of benzene rings is 1. The Balaban J connectivity index is 1.26. The number of carbonyl (C=O) groups excluding carboxylic acids is 1. The van der Waals surface area contributed by atoms with Gasteiger partial charge in [0.2, 0.25) is 0 Å². The summed E-state index contributed by atoms with van der Waals surface area (Å²) in [6, 6.07) is 10.6. The number of amides is 1. The molecule has 0 spiro atoms. The van der Waals surface area contributed by atoms with E-state index in [0.717, 1.165) is 30.9 Å². The van der Waals surface area contributed by atoms with E-state index in [4.69, 9.17) is 4.74 Å². The molecule has 1 aliphatic heterocycles. The highest BCUT2D eigenvalue weighted by molar-refractivity contribution is 5.67. The number of hydrogen-bond acceptors (Lipinski definition) is 4. The van der Waals surface area contributed by atoms with Gasteiger partial charge in [0.15, 0.2) is 0 Å². The normalized spacial score (nSPS) is 27.3. The van der Waals surface area contributed by atoms with Crippen LogP contribution in [0.1, 0.15) is 31.2 Å². The van der Waals surface area contributed by atoms with Crippen molar-refractivity contribution in [1.29, 1.82) is 0 Å². The molecule has 132 valence electrons. The smallest absolute Gasteiger partial charge is 0.407 e. The van der Waals surface area contributed by atoms with Crippen molar-refractivity contribution in [2.24, 2.45) is 5.92 Å². The summed E-state index contributed by atoms with van der Waals surface area (Å²) in [5, 5.41) is 6.60. The molecule has 1 saturated heterocycles. The lowest BCUT2D eigenvalue weighted by molar-refractivity contribution is 0.124. The van der Waals surface area contributed by atoms with Gasteiger partial charge in [0.05, 0.1) is 0 Å². The van der Waals surface area contributed by atoms with Gasteiger partial charge in [-0.15, -0.1) is 0 Å². The fraction of sp³-hybridized carbons (Fsp3) is 0.632. The van der Waals surface area contributed by atoms with Crippen molar-refractivity contribution in [3.05, 3.63) is 35.9 Å². The fourth-order valence-corrected chi connectivity index (χ4v) is 3.61. The second kappa shape index (κ2) is 8.49. The first-order chi connectivity index (χ1) is 11.7. The summed E-state index contributed by atoms with van der Waals surface area (Å²) in [4.78, 5) is 14.2. The molecule has 2 N–H and O–H groups in total. The number of nitrogens with one attached hydrogen (secondary N) is 2. The number of hydrogen-bond donors (Lipinski definition) is 2. The van der Waals surface area contributed by atoms with E-state index in [1.807, 2.05) is 30.3 Å². The van der Waals surface area contributed by atoms with Crippen molar-refractivity contribution in [3.8, 4) is 0 Å². The van der Waals surface area contributed by atoms with E-state index in [0.29, 0.717) is 12.6 Å². The Morgan fingerprint density at radius 1 is 1.25 bits per heavy atom. The highest BCUT2D eigenvalue weighted by atomic mass is 16.5. The molecule has 2 aliphatic rings. The van der Waals surface area contributed by atoms with Gasteiger partial charge in [-0.1, -0.05) is 30.3 Å². The van der Waals surface area contributed by atoms with Gasteiger partial charge in [-0.3, -0.25) is 0 Å². The Morgan fingerprint density at radius 3 is 2.79 bits per heavy atom. The maximum Gasteiger partial charge on any atom is 0.407 e. The minimum absolute atomic E-state index is 0.250. The zero-order chi connectivity index (χ0) is 16.8. The number of carbonyl (C=O) groups is 1. The minimum Gasteiger partial charge on any atom is -0.445 e. The van der Waals surface area contributed by atoms with Gasteiger partial charge in [0.1, 0.15) is 6.61 Å².